The first-order valence-corrected chi connectivity index (χ1v) is 11.5. The first-order valence-electron chi connectivity index (χ1n) is 9.78. The summed E-state index contributed by atoms with van der Waals surface area (Å²) < 4.78 is 0.197. The number of nitrogens with zero attached hydrogens (tertiary/aromatic N) is 2. The molecule has 153 valence electrons. The molecule has 2 aromatic carbocycles. The SMILES string of the molecule is CC1(C)c2ccccc2N(c2ccc(/C=C3/C(=O)N=C([Se])NC3=O)s2)c2ccccc21. The van der Waals surface area contributed by atoms with Crippen molar-refractivity contribution in [3.63, 3.8) is 0 Å². The van der Waals surface area contributed by atoms with E-state index in [4.69, 9.17) is 0 Å². The Kier molecular flexibility index (Phi) is 4.70. The van der Waals surface area contributed by atoms with Crippen molar-refractivity contribution in [2.45, 2.75) is 19.3 Å². The topological polar surface area (TPSA) is 61.8 Å². The third-order valence-electron chi connectivity index (χ3n) is 5.65. The first-order chi connectivity index (χ1) is 14.9. The van der Waals surface area contributed by atoms with E-state index in [9.17, 15) is 9.59 Å². The van der Waals surface area contributed by atoms with Crippen LogP contribution >= 0.6 is 11.3 Å². The van der Waals surface area contributed by atoms with Gasteiger partial charge in [0.15, 0.2) is 0 Å². The van der Waals surface area contributed by atoms with Gasteiger partial charge in [-0.25, -0.2) is 0 Å². The minimum atomic E-state index is -0.539. The van der Waals surface area contributed by atoms with Crippen molar-refractivity contribution in [3.8, 4) is 0 Å². The zero-order valence-electron chi connectivity index (χ0n) is 16.9. The van der Waals surface area contributed by atoms with E-state index in [1.165, 1.54) is 22.5 Å². The Labute approximate surface area is 192 Å². The van der Waals surface area contributed by atoms with Gasteiger partial charge in [-0.15, -0.1) is 0 Å². The summed E-state index contributed by atoms with van der Waals surface area (Å²) in [5.74, 6) is -0.984. The molecule has 5 rings (SSSR count). The fraction of sp³-hybridized carbons (Fsp3) is 0.125. The van der Waals surface area contributed by atoms with Crippen LogP contribution < -0.4 is 10.2 Å². The molecule has 1 aromatic heterocycles. The number of rotatable bonds is 2. The van der Waals surface area contributed by atoms with E-state index >= 15 is 0 Å². The molecule has 0 aliphatic carbocycles. The van der Waals surface area contributed by atoms with Crippen LogP contribution in [0.3, 0.4) is 0 Å². The third kappa shape index (κ3) is 3.26. The number of hydrogen-bond donors (Lipinski definition) is 1. The standard InChI is InChI=1S/C24H18N3O2SSe/c1-24(2)16-7-3-5-9-18(16)27(19-10-6-4-8-17(19)24)20-12-11-14(30-20)13-15-21(28)25-23(31)26-22(15)29/h3-13H,1-2H3,(H,25,26,28,29). The molecule has 1 N–H and O–H groups in total. The fourth-order valence-corrected chi connectivity index (χ4v) is 5.50. The van der Waals surface area contributed by atoms with Crippen LogP contribution in [0.15, 0.2) is 71.2 Å². The molecule has 2 aliphatic heterocycles. The number of hydrogen-bond acceptors (Lipinski definition) is 4. The van der Waals surface area contributed by atoms with Crippen molar-refractivity contribution in [1.29, 1.82) is 0 Å². The van der Waals surface area contributed by atoms with Crippen molar-refractivity contribution >= 4 is 66.3 Å². The summed E-state index contributed by atoms with van der Waals surface area (Å²) in [7, 11) is 0. The Morgan fingerprint density at radius 3 is 2.19 bits per heavy atom. The summed E-state index contributed by atoms with van der Waals surface area (Å²) in [6.45, 7) is 4.50. The monoisotopic (exact) mass is 492 g/mol. The molecule has 0 bridgehead atoms. The number of nitrogens with one attached hydrogen (secondary N) is 1. The molecule has 31 heavy (non-hydrogen) atoms. The second-order valence-electron chi connectivity index (χ2n) is 7.90. The maximum atomic E-state index is 12.2. The molecule has 3 heterocycles. The molecule has 3 aromatic rings. The summed E-state index contributed by atoms with van der Waals surface area (Å²) in [6.07, 6.45) is 1.60. The van der Waals surface area contributed by atoms with Gasteiger partial charge in [0.2, 0.25) is 0 Å². The number of para-hydroxylation sites is 2. The fourth-order valence-electron chi connectivity index (χ4n) is 4.16. The Morgan fingerprint density at radius 2 is 1.58 bits per heavy atom. The molecule has 2 aliphatic rings. The minimum absolute atomic E-state index is 0.0352. The normalized spacial score (nSPS) is 18.3. The predicted octanol–water partition coefficient (Wildman–Crippen LogP) is 4.42. The summed E-state index contributed by atoms with van der Waals surface area (Å²) in [6, 6.07) is 20.8. The molecule has 1 radical (unpaired) electrons. The van der Waals surface area contributed by atoms with Crippen LogP contribution in [-0.2, 0) is 15.0 Å². The molecule has 0 fully saturated rings. The summed E-state index contributed by atoms with van der Waals surface area (Å²) in [4.78, 5) is 31.3. The van der Waals surface area contributed by atoms with Gasteiger partial charge in [0, 0.05) is 0 Å². The molecule has 0 saturated heterocycles. The van der Waals surface area contributed by atoms with Crippen molar-refractivity contribution < 1.29 is 9.59 Å². The van der Waals surface area contributed by atoms with Crippen LogP contribution in [0.1, 0.15) is 29.9 Å². The number of anilines is 3. The number of carbonyl (C=O) groups excluding carboxylic acids is 2. The van der Waals surface area contributed by atoms with E-state index < -0.39 is 11.8 Å². The van der Waals surface area contributed by atoms with Gasteiger partial charge < -0.3 is 0 Å². The Hall–Kier alpha value is -2.99. The zero-order valence-corrected chi connectivity index (χ0v) is 19.4. The molecule has 5 nitrogen and oxygen atoms in total. The van der Waals surface area contributed by atoms with Crippen LogP contribution in [0.5, 0.6) is 0 Å². The van der Waals surface area contributed by atoms with Gasteiger partial charge in [0.25, 0.3) is 0 Å². The van der Waals surface area contributed by atoms with Crippen molar-refractivity contribution in [2.24, 2.45) is 4.99 Å². The van der Waals surface area contributed by atoms with E-state index in [1.54, 1.807) is 6.08 Å². The van der Waals surface area contributed by atoms with Gasteiger partial charge in [0.05, 0.1) is 0 Å². The van der Waals surface area contributed by atoms with Gasteiger partial charge in [-0.05, 0) is 0 Å². The van der Waals surface area contributed by atoms with Gasteiger partial charge in [-0.3, -0.25) is 0 Å². The Morgan fingerprint density at radius 1 is 0.968 bits per heavy atom. The molecule has 0 spiro atoms. The number of amides is 2. The summed E-state index contributed by atoms with van der Waals surface area (Å²) in [5.41, 5.74) is 4.69. The number of carbonyl (C=O) groups is 2. The third-order valence-corrected chi connectivity index (χ3v) is 7.08. The number of thiophene rings is 1. The first kappa shape index (κ1) is 19.9. The quantitative estimate of drug-likeness (QED) is 0.328. The Bertz CT molecular complexity index is 1260. The number of aliphatic imine (C=N–C) groups is 1. The van der Waals surface area contributed by atoms with Gasteiger partial charge in [-0.2, -0.15) is 0 Å². The van der Waals surface area contributed by atoms with Gasteiger partial charge in [0.1, 0.15) is 0 Å². The second kappa shape index (κ2) is 7.31. The van der Waals surface area contributed by atoms with E-state index in [0.29, 0.717) is 0 Å². The van der Waals surface area contributed by atoms with Crippen molar-refractivity contribution in [1.82, 2.24) is 5.32 Å². The van der Waals surface area contributed by atoms with Crippen molar-refractivity contribution in [3.05, 3.63) is 82.2 Å². The van der Waals surface area contributed by atoms with Crippen LogP contribution in [0.2, 0.25) is 0 Å². The maximum absolute atomic E-state index is 12.2. The number of benzene rings is 2. The molecular weight excluding hydrogens is 473 g/mol. The average molecular weight is 491 g/mol. The molecule has 2 amide bonds. The van der Waals surface area contributed by atoms with Gasteiger partial charge in [-0.1, -0.05) is 26.0 Å². The average Bonchev–Trinajstić information content (AvgIpc) is 3.19. The van der Waals surface area contributed by atoms with Crippen LogP contribution in [0.25, 0.3) is 6.08 Å². The summed E-state index contributed by atoms with van der Waals surface area (Å²) in [5, 5.41) is 3.56. The van der Waals surface area contributed by atoms with E-state index in [1.807, 2.05) is 12.1 Å². The molecule has 0 unspecified atom stereocenters. The Balaban J connectivity index is 1.62. The van der Waals surface area contributed by atoms with Crippen LogP contribution in [0.4, 0.5) is 16.4 Å². The van der Waals surface area contributed by atoms with Crippen LogP contribution in [0, 0.1) is 0 Å². The number of fused-ring (bicyclic) bond motifs is 2. The van der Waals surface area contributed by atoms with E-state index in [0.717, 1.165) is 21.3 Å². The van der Waals surface area contributed by atoms with Crippen LogP contribution in [-0.4, -0.2) is 32.6 Å². The predicted molar refractivity (Wildman–Crippen MR) is 125 cm³/mol. The van der Waals surface area contributed by atoms with E-state index in [-0.39, 0.29) is 15.7 Å². The van der Waals surface area contributed by atoms with E-state index in [2.05, 4.69) is 93.6 Å². The molecule has 0 atom stereocenters. The molecule has 7 heteroatoms. The van der Waals surface area contributed by atoms with Gasteiger partial charge >= 0.3 is 167 Å². The molecular formula is C24H18N3O2SSe. The second-order valence-corrected chi connectivity index (χ2v) is 9.81. The zero-order chi connectivity index (χ0) is 21.8. The summed E-state index contributed by atoms with van der Waals surface area (Å²) >= 11 is 4.09. The van der Waals surface area contributed by atoms with Crippen molar-refractivity contribution in [2.75, 3.05) is 4.90 Å². The molecule has 0 saturated carbocycles. The number of amidine groups is 1.